The van der Waals surface area contributed by atoms with Crippen LogP contribution in [0.1, 0.15) is 65.7 Å². The Morgan fingerprint density at radius 3 is 2.61 bits per heavy atom. The summed E-state index contributed by atoms with van der Waals surface area (Å²) >= 11 is 0. The van der Waals surface area contributed by atoms with Crippen molar-refractivity contribution in [2.75, 3.05) is 13.1 Å². The Hall–Kier alpha value is -0.570. The van der Waals surface area contributed by atoms with Crippen LogP contribution >= 0.6 is 0 Å². The van der Waals surface area contributed by atoms with E-state index in [1.807, 2.05) is 0 Å². The van der Waals surface area contributed by atoms with Crippen LogP contribution in [0.2, 0.25) is 0 Å². The lowest BCUT2D eigenvalue weighted by Gasteiger charge is -2.28. The lowest BCUT2D eigenvalue weighted by atomic mass is 10.0. The van der Waals surface area contributed by atoms with Gasteiger partial charge in [-0.25, -0.2) is 0 Å². The Bertz CT molecular complexity index is 243. The fourth-order valence-corrected chi connectivity index (χ4v) is 2.80. The molecule has 0 aromatic heterocycles. The third-order valence-corrected chi connectivity index (χ3v) is 3.83. The molecule has 0 aliphatic carbocycles. The molecule has 1 heterocycles. The lowest BCUT2D eigenvalue weighted by molar-refractivity contribution is -0.131. The standard InChI is InChI=1S/C15H30N2O/c1-4-7-9-13(8-5-2)17-12-10-14(15(17)18)16-11-6-3/h13-14,16H,4-12H2,1-3H3. The molecule has 3 heteroatoms. The van der Waals surface area contributed by atoms with Crippen LogP contribution in [0.15, 0.2) is 0 Å². The quantitative estimate of drug-likeness (QED) is 0.686. The van der Waals surface area contributed by atoms with Crippen LogP contribution in [-0.2, 0) is 4.79 Å². The fraction of sp³-hybridized carbons (Fsp3) is 0.933. The molecule has 3 nitrogen and oxygen atoms in total. The van der Waals surface area contributed by atoms with Crippen molar-refractivity contribution < 1.29 is 4.79 Å². The first-order chi connectivity index (χ1) is 8.74. The normalized spacial score (nSPS) is 21.6. The first-order valence-corrected chi connectivity index (χ1v) is 7.78. The molecule has 0 saturated carbocycles. The smallest absolute Gasteiger partial charge is 0.240 e. The van der Waals surface area contributed by atoms with Gasteiger partial charge in [-0.15, -0.1) is 0 Å². The van der Waals surface area contributed by atoms with Crippen molar-refractivity contribution in [3.05, 3.63) is 0 Å². The van der Waals surface area contributed by atoms with E-state index in [0.29, 0.717) is 11.9 Å². The summed E-state index contributed by atoms with van der Waals surface area (Å²) in [5, 5.41) is 3.37. The van der Waals surface area contributed by atoms with E-state index in [1.54, 1.807) is 0 Å². The molecule has 0 radical (unpaired) electrons. The molecule has 0 aromatic rings. The van der Waals surface area contributed by atoms with Gasteiger partial charge in [-0.2, -0.15) is 0 Å². The third-order valence-electron chi connectivity index (χ3n) is 3.83. The molecule has 1 aliphatic rings. The highest BCUT2D eigenvalue weighted by Gasteiger charge is 2.34. The summed E-state index contributed by atoms with van der Waals surface area (Å²) in [6, 6.07) is 0.571. The SMILES string of the molecule is CCCCC(CCC)N1CCC(NCCC)C1=O. The average Bonchev–Trinajstić information content (AvgIpc) is 2.73. The Morgan fingerprint density at radius 2 is 2.00 bits per heavy atom. The summed E-state index contributed by atoms with van der Waals surface area (Å²) in [5.74, 6) is 0.345. The maximum atomic E-state index is 12.4. The number of hydrogen-bond donors (Lipinski definition) is 1. The third kappa shape index (κ3) is 4.27. The number of carbonyl (C=O) groups excluding carboxylic acids is 1. The minimum absolute atomic E-state index is 0.0888. The van der Waals surface area contributed by atoms with Gasteiger partial charge in [0.1, 0.15) is 0 Å². The maximum absolute atomic E-state index is 12.4. The molecule has 1 saturated heterocycles. The summed E-state index contributed by atoms with van der Waals surface area (Å²) in [7, 11) is 0. The maximum Gasteiger partial charge on any atom is 0.240 e. The number of hydrogen-bond acceptors (Lipinski definition) is 2. The van der Waals surface area contributed by atoms with Crippen molar-refractivity contribution in [2.24, 2.45) is 0 Å². The van der Waals surface area contributed by atoms with E-state index in [4.69, 9.17) is 0 Å². The lowest BCUT2D eigenvalue weighted by Crippen LogP contribution is -2.43. The molecule has 1 amide bonds. The molecule has 1 aliphatic heterocycles. The van der Waals surface area contributed by atoms with Gasteiger partial charge in [0, 0.05) is 12.6 Å². The summed E-state index contributed by atoms with van der Waals surface area (Å²) in [6.07, 6.45) is 8.05. The van der Waals surface area contributed by atoms with Crippen molar-refractivity contribution in [2.45, 2.75) is 77.8 Å². The first-order valence-electron chi connectivity index (χ1n) is 7.78. The van der Waals surface area contributed by atoms with Gasteiger partial charge in [0.05, 0.1) is 6.04 Å². The van der Waals surface area contributed by atoms with Crippen LogP contribution in [-0.4, -0.2) is 36.0 Å². The minimum atomic E-state index is 0.0888. The Morgan fingerprint density at radius 1 is 1.22 bits per heavy atom. The van der Waals surface area contributed by atoms with Gasteiger partial charge >= 0.3 is 0 Å². The fourth-order valence-electron chi connectivity index (χ4n) is 2.80. The van der Waals surface area contributed by atoms with E-state index in [0.717, 1.165) is 32.4 Å². The second kappa shape index (κ2) is 8.52. The molecule has 18 heavy (non-hydrogen) atoms. The molecule has 0 spiro atoms. The molecule has 2 atom stereocenters. The van der Waals surface area contributed by atoms with E-state index in [9.17, 15) is 4.79 Å². The van der Waals surface area contributed by atoms with E-state index in [1.165, 1.54) is 25.7 Å². The minimum Gasteiger partial charge on any atom is -0.338 e. The van der Waals surface area contributed by atoms with Crippen LogP contribution in [0, 0.1) is 0 Å². The first kappa shape index (κ1) is 15.5. The van der Waals surface area contributed by atoms with Crippen LogP contribution in [0.5, 0.6) is 0 Å². The molecule has 0 aromatic carbocycles. The highest BCUT2D eigenvalue weighted by Crippen LogP contribution is 2.21. The zero-order valence-electron chi connectivity index (χ0n) is 12.4. The highest BCUT2D eigenvalue weighted by molar-refractivity contribution is 5.84. The van der Waals surface area contributed by atoms with Crippen LogP contribution in [0.3, 0.4) is 0 Å². The number of rotatable bonds is 9. The summed E-state index contributed by atoms with van der Waals surface area (Å²) in [6.45, 7) is 8.49. The van der Waals surface area contributed by atoms with Gasteiger partial charge < -0.3 is 10.2 Å². The van der Waals surface area contributed by atoms with Crippen LogP contribution < -0.4 is 5.32 Å². The number of likely N-dealkylation sites (tertiary alicyclic amines) is 1. The summed E-state index contributed by atoms with van der Waals surface area (Å²) < 4.78 is 0. The molecule has 1 fully saturated rings. The Balaban J connectivity index is 2.50. The van der Waals surface area contributed by atoms with Crippen LogP contribution in [0.4, 0.5) is 0 Å². The monoisotopic (exact) mass is 254 g/mol. The molecular weight excluding hydrogens is 224 g/mol. The molecule has 1 N–H and O–H groups in total. The zero-order chi connectivity index (χ0) is 13.4. The predicted molar refractivity (Wildman–Crippen MR) is 76.6 cm³/mol. The largest absolute Gasteiger partial charge is 0.338 e. The van der Waals surface area contributed by atoms with Crippen molar-refractivity contribution in [1.82, 2.24) is 10.2 Å². The second-order valence-corrected chi connectivity index (χ2v) is 5.41. The van der Waals surface area contributed by atoms with Gasteiger partial charge in [-0.1, -0.05) is 40.0 Å². The molecule has 1 rings (SSSR count). The topological polar surface area (TPSA) is 32.3 Å². The Labute approximate surface area is 112 Å². The number of nitrogens with one attached hydrogen (secondary N) is 1. The second-order valence-electron chi connectivity index (χ2n) is 5.41. The van der Waals surface area contributed by atoms with E-state index >= 15 is 0 Å². The number of unbranched alkanes of at least 4 members (excludes halogenated alkanes) is 1. The van der Waals surface area contributed by atoms with Gasteiger partial charge in [0.15, 0.2) is 0 Å². The van der Waals surface area contributed by atoms with Gasteiger partial charge in [-0.05, 0) is 32.2 Å². The van der Waals surface area contributed by atoms with Crippen LogP contribution in [0.25, 0.3) is 0 Å². The summed E-state index contributed by atoms with van der Waals surface area (Å²) in [5.41, 5.74) is 0. The highest BCUT2D eigenvalue weighted by atomic mass is 16.2. The molecular formula is C15H30N2O. The number of nitrogens with zero attached hydrogens (tertiary/aromatic N) is 1. The molecule has 2 unspecified atom stereocenters. The number of amides is 1. The summed E-state index contributed by atoms with van der Waals surface area (Å²) in [4.78, 5) is 14.5. The Kier molecular flexibility index (Phi) is 7.33. The van der Waals surface area contributed by atoms with Crippen molar-refractivity contribution in [3.63, 3.8) is 0 Å². The average molecular weight is 254 g/mol. The van der Waals surface area contributed by atoms with Crippen molar-refractivity contribution >= 4 is 5.91 Å². The predicted octanol–water partition coefficient (Wildman–Crippen LogP) is 2.95. The number of carbonyl (C=O) groups is 1. The zero-order valence-corrected chi connectivity index (χ0v) is 12.4. The molecule has 0 bridgehead atoms. The van der Waals surface area contributed by atoms with Gasteiger partial charge in [0.2, 0.25) is 5.91 Å². The van der Waals surface area contributed by atoms with Crippen molar-refractivity contribution in [1.29, 1.82) is 0 Å². The van der Waals surface area contributed by atoms with E-state index < -0.39 is 0 Å². The van der Waals surface area contributed by atoms with Gasteiger partial charge in [-0.3, -0.25) is 4.79 Å². The van der Waals surface area contributed by atoms with Crippen molar-refractivity contribution in [3.8, 4) is 0 Å². The van der Waals surface area contributed by atoms with E-state index in [2.05, 4.69) is 31.0 Å². The van der Waals surface area contributed by atoms with E-state index in [-0.39, 0.29) is 6.04 Å². The molecule has 106 valence electrons. The van der Waals surface area contributed by atoms with Gasteiger partial charge in [0.25, 0.3) is 0 Å².